The molecule has 3 rings (SSSR count). The minimum Gasteiger partial charge on any atom is -0.340 e. The number of carbonyl (C=O) groups excluding carboxylic acids is 1. The zero-order chi connectivity index (χ0) is 19.8. The summed E-state index contributed by atoms with van der Waals surface area (Å²) in [7, 11) is -3.54. The highest BCUT2D eigenvalue weighted by molar-refractivity contribution is 7.89. The highest BCUT2D eigenvalue weighted by atomic mass is 35.5. The van der Waals surface area contributed by atoms with E-state index in [-0.39, 0.29) is 24.2 Å². The Hall–Kier alpha value is -1.15. The SMILES string of the molecule is Cc1cc(C)c(C)c(S(=O)(=O)N2CCC(C(=O)N3CCNCC3)CC2)c1C.Cl. The van der Waals surface area contributed by atoms with E-state index in [0.29, 0.717) is 30.8 Å². The van der Waals surface area contributed by atoms with Crippen LogP contribution in [0.2, 0.25) is 0 Å². The van der Waals surface area contributed by atoms with Gasteiger partial charge in [-0.1, -0.05) is 6.07 Å². The van der Waals surface area contributed by atoms with Gasteiger partial charge in [0, 0.05) is 45.2 Å². The van der Waals surface area contributed by atoms with E-state index in [4.69, 9.17) is 0 Å². The molecule has 1 aromatic rings. The van der Waals surface area contributed by atoms with Gasteiger partial charge in [-0.25, -0.2) is 8.42 Å². The lowest BCUT2D eigenvalue weighted by Crippen LogP contribution is -2.50. The second-order valence-electron chi connectivity index (χ2n) is 7.84. The number of amides is 1. The molecule has 28 heavy (non-hydrogen) atoms. The predicted octanol–water partition coefficient (Wildman–Crippen LogP) is 2.17. The van der Waals surface area contributed by atoms with Crippen molar-refractivity contribution in [2.45, 2.75) is 45.4 Å². The zero-order valence-corrected chi connectivity index (χ0v) is 18.9. The van der Waals surface area contributed by atoms with Gasteiger partial charge in [-0.05, 0) is 62.8 Å². The Bertz CT molecular complexity index is 801. The third kappa shape index (κ3) is 4.37. The number of hydrogen-bond donors (Lipinski definition) is 1. The summed E-state index contributed by atoms with van der Waals surface area (Å²) in [6, 6.07) is 2.04. The Morgan fingerprint density at radius 3 is 1.96 bits per heavy atom. The van der Waals surface area contributed by atoms with Gasteiger partial charge in [-0.2, -0.15) is 4.31 Å². The van der Waals surface area contributed by atoms with Gasteiger partial charge in [0.05, 0.1) is 4.90 Å². The normalized spacial score (nSPS) is 19.4. The predicted molar refractivity (Wildman–Crippen MR) is 114 cm³/mol. The first-order valence-corrected chi connectivity index (χ1v) is 11.2. The number of sulfonamides is 1. The summed E-state index contributed by atoms with van der Waals surface area (Å²) < 4.78 is 28.2. The van der Waals surface area contributed by atoms with E-state index in [0.717, 1.165) is 48.4 Å². The second-order valence-corrected chi connectivity index (χ2v) is 9.72. The lowest BCUT2D eigenvalue weighted by Gasteiger charge is -2.35. The van der Waals surface area contributed by atoms with Crippen molar-refractivity contribution in [2.75, 3.05) is 39.3 Å². The van der Waals surface area contributed by atoms with E-state index in [1.807, 2.05) is 38.7 Å². The van der Waals surface area contributed by atoms with Gasteiger partial charge in [0.2, 0.25) is 15.9 Å². The Balaban J connectivity index is 0.00000280. The molecule has 6 nitrogen and oxygen atoms in total. The van der Waals surface area contributed by atoms with Crippen molar-refractivity contribution in [3.05, 3.63) is 28.3 Å². The average molecular weight is 430 g/mol. The van der Waals surface area contributed by atoms with Crippen molar-refractivity contribution in [2.24, 2.45) is 5.92 Å². The van der Waals surface area contributed by atoms with E-state index in [9.17, 15) is 13.2 Å². The molecule has 0 unspecified atom stereocenters. The number of rotatable bonds is 3. The maximum Gasteiger partial charge on any atom is 0.243 e. The lowest BCUT2D eigenvalue weighted by atomic mass is 9.96. The van der Waals surface area contributed by atoms with Crippen molar-refractivity contribution >= 4 is 28.3 Å². The van der Waals surface area contributed by atoms with Crippen molar-refractivity contribution in [1.29, 1.82) is 0 Å². The molecule has 1 aromatic carbocycles. The summed E-state index contributed by atoms with van der Waals surface area (Å²) in [5, 5.41) is 3.26. The summed E-state index contributed by atoms with van der Waals surface area (Å²) in [6.07, 6.45) is 1.20. The molecule has 0 saturated carbocycles. The minimum atomic E-state index is -3.54. The Kier molecular flexibility index (Phi) is 7.53. The van der Waals surface area contributed by atoms with Gasteiger partial charge in [-0.3, -0.25) is 4.79 Å². The number of nitrogens with zero attached hydrogens (tertiary/aromatic N) is 2. The quantitative estimate of drug-likeness (QED) is 0.799. The molecule has 1 amide bonds. The number of benzene rings is 1. The van der Waals surface area contributed by atoms with E-state index in [1.54, 1.807) is 4.31 Å². The number of piperidine rings is 1. The fourth-order valence-electron chi connectivity index (χ4n) is 4.18. The molecule has 2 aliphatic rings. The van der Waals surface area contributed by atoms with Crippen molar-refractivity contribution in [3.8, 4) is 0 Å². The highest BCUT2D eigenvalue weighted by Gasteiger charge is 2.35. The molecule has 8 heteroatoms. The lowest BCUT2D eigenvalue weighted by molar-refractivity contribution is -0.137. The van der Waals surface area contributed by atoms with E-state index < -0.39 is 10.0 Å². The van der Waals surface area contributed by atoms with E-state index in [2.05, 4.69) is 5.32 Å². The van der Waals surface area contributed by atoms with Crippen LogP contribution in [0.4, 0.5) is 0 Å². The Morgan fingerprint density at radius 1 is 0.964 bits per heavy atom. The van der Waals surface area contributed by atoms with Crippen molar-refractivity contribution in [1.82, 2.24) is 14.5 Å². The standard InChI is InChI=1S/C20H31N3O3S.ClH/c1-14-13-15(2)17(4)19(16(14)3)27(25,26)23-9-5-18(6-10-23)20(24)22-11-7-21-8-12-22;/h13,18,21H,5-12H2,1-4H3;1H. The number of hydrogen-bond acceptors (Lipinski definition) is 4. The Morgan fingerprint density at radius 2 is 1.46 bits per heavy atom. The molecule has 0 aliphatic carbocycles. The fraction of sp³-hybridized carbons (Fsp3) is 0.650. The van der Waals surface area contributed by atoms with Gasteiger partial charge in [0.25, 0.3) is 0 Å². The third-order valence-corrected chi connectivity index (χ3v) is 8.30. The van der Waals surface area contributed by atoms with Crippen LogP contribution < -0.4 is 5.32 Å². The number of aryl methyl sites for hydroxylation is 2. The second kappa shape index (κ2) is 9.11. The number of piperazine rings is 1. The van der Waals surface area contributed by atoms with Gasteiger partial charge >= 0.3 is 0 Å². The van der Waals surface area contributed by atoms with Gasteiger partial charge in [0.15, 0.2) is 0 Å². The first kappa shape index (κ1) is 23.1. The van der Waals surface area contributed by atoms with Crippen LogP contribution in [0.15, 0.2) is 11.0 Å². The Labute approximate surface area is 175 Å². The van der Waals surface area contributed by atoms with Crippen molar-refractivity contribution in [3.63, 3.8) is 0 Å². The zero-order valence-electron chi connectivity index (χ0n) is 17.2. The molecule has 0 aromatic heterocycles. The monoisotopic (exact) mass is 429 g/mol. The minimum absolute atomic E-state index is 0. The maximum atomic E-state index is 13.3. The first-order valence-electron chi connectivity index (χ1n) is 9.80. The molecule has 0 radical (unpaired) electrons. The van der Waals surface area contributed by atoms with Gasteiger partial charge in [-0.15, -0.1) is 12.4 Å². The van der Waals surface area contributed by atoms with E-state index in [1.165, 1.54) is 0 Å². The maximum absolute atomic E-state index is 13.3. The average Bonchev–Trinajstić information content (AvgIpc) is 2.66. The van der Waals surface area contributed by atoms with Crippen LogP contribution in [0.25, 0.3) is 0 Å². The number of halogens is 1. The van der Waals surface area contributed by atoms with Crippen LogP contribution in [0, 0.1) is 33.6 Å². The number of carbonyl (C=O) groups is 1. The van der Waals surface area contributed by atoms with Crippen molar-refractivity contribution < 1.29 is 13.2 Å². The molecule has 2 heterocycles. The molecule has 2 fully saturated rings. The molecule has 0 bridgehead atoms. The van der Waals surface area contributed by atoms with Crippen LogP contribution in [-0.4, -0.2) is 62.8 Å². The molecular formula is C20H32ClN3O3S. The molecule has 0 atom stereocenters. The molecule has 0 spiro atoms. The molecule has 2 aliphatic heterocycles. The third-order valence-electron chi connectivity index (χ3n) is 6.13. The van der Waals surface area contributed by atoms with E-state index >= 15 is 0 Å². The first-order chi connectivity index (χ1) is 12.7. The van der Waals surface area contributed by atoms with Gasteiger partial charge < -0.3 is 10.2 Å². The summed E-state index contributed by atoms with van der Waals surface area (Å²) in [5.41, 5.74) is 3.66. The highest BCUT2D eigenvalue weighted by Crippen LogP contribution is 2.31. The van der Waals surface area contributed by atoms with Gasteiger partial charge in [0.1, 0.15) is 0 Å². The van der Waals surface area contributed by atoms with Crippen LogP contribution in [0.3, 0.4) is 0 Å². The summed E-state index contributed by atoms with van der Waals surface area (Å²) in [4.78, 5) is 15.1. The van der Waals surface area contributed by atoms with Crippen LogP contribution in [0.5, 0.6) is 0 Å². The fourth-order valence-corrected chi connectivity index (χ4v) is 6.23. The largest absolute Gasteiger partial charge is 0.340 e. The molecule has 158 valence electrons. The van der Waals surface area contributed by atoms with Crippen LogP contribution in [0.1, 0.15) is 35.1 Å². The molecule has 1 N–H and O–H groups in total. The molecule has 2 saturated heterocycles. The summed E-state index contributed by atoms with van der Waals surface area (Å²) >= 11 is 0. The van der Waals surface area contributed by atoms with Crippen LogP contribution in [-0.2, 0) is 14.8 Å². The van der Waals surface area contributed by atoms with Crippen LogP contribution >= 0.6 is 12.4 Å². The topological polar surface area (TPSA) is 69.7 Å². The molecular weight excluding hydrogens is 398 g/mol. The smallest absolute Gasteiger partial charge is 0.243 e. The summed E-state index contributed by atoms with van der Waals surface area (Å²) in [6.45, 7) is 11.7. The summed E-state index contributed by atoms with van der Waals surface area (Å²) in [5.74, 6) is 0.128. The number of nitrogens with one attached hydrogen (secondary N) is 1.